The largest absolute Gasteiger partial charge is 0.393 e. The van der Waals surface area contributed by atoms with Crippen molar-refractivity contribution in [2.45, 2.75) is 26.0 Å². The number of nitrogen functional groups attached to an aromatic ring is 1. The van der Waals surface area contributed by atoms with E-state index in [1.54, 1.807) is 12.1 Å². The fourth-order valence-electron chi connectivity index (χ4n) is 2.36. The van der Waals surface area contributed by atoms with Crippen molar-refractivity contribution in [1.82, 2.24) is 15.3 Å². The second-order valence-corrected chi connectivity index (χ2v) is 5.06. The van der Waals surface area contributed by atoms with Crippen LogP contribution in [0.3, 0.4) is 0 Å². The molecule has 2 unspecified atom stereocenters. The second-order valence-electron chi connectivity index (χ2n) is 5.06. The quantitative estimate of drug-likeness (QED) is 0.402. The van der Waals surface area contributed by atoms with Crippen LogP contribution < -0.4 is 11.3 Å². The number of nitrogens with zero attached hydrogens (tertiary/aromatic N) is 2. The van der Waals surface area contributed by atoms with Crippen LogP contribution in [0.25, 0.3) is 0 Å². The number of nitrogens with two attached hydrogens (primary N) is 1. The average molecular weight is 264 g/mol. The predicted octanol–water partition coefficient (Wildman–Crippen LogP) is -0.112. The molecule has 1 fully saturated rings. The van der Waals surface area contributed by atoms with E-state index in [0.29, 0.717) is 12.2 Å². The molecule has 0 aromatic carbocycles. The number of aromatic nitrogens is 1. The number of carbonyl (C=O) groups is 1. The van der Waals surface area contributed by atoms with Gasteiger partial charge in [0.15, 0.2) is 0 Å². The first kappa shape index (κ1) is 13.9. The van der Waals surface area contributed by atoms with Crippen molar-refractivity contribution < 1.29 is 9.90 Å². The number of piperidine rings is 1. The van der Waals surface area contributed by atoms with Gasteiger partial charge >= 0.3 is 0 Å². The Morgan fingerprint density at radius 3 is 3.11 bits per heavy atom. The third kappa shape index (κ3) is 3.50. The smallest absolute Gasteiger partial charge is 0.283 e. The zero-order valence-corrected chi connectivity index (χ0v) is 11.0. The molecule has 0 aliphatic carbocycles. The first-order chi connectivity index (χ1) is 9.10. The van der Waals surface area contributed by atoms with E-state index in [1.807, 2.05) is 13.0 Å². The third-order valence-electron chi connectivity index (χ3n) is 3.50. The van der Waals surface area contributed by atoms with E-state index in [4.69, 9.17) is 5.84 Å². The van der Waals surface area contributed by atoms with Gasteiger partial charge in [0.25, 0.3) is 5.91 Å². The molecule has 4 N–H and O–H groups in total. The molecule has 0 spiro atoms. The Kier molecular flexibility index (Phi) is 4.47. The number of pyridine rings is 1. The van der Waals surface area contributed by atoms with Gasteiger partial charge < -0.3 is 5.11 Å². The van der Waals surface area contributed by atoms with Gasteiger partial charge in [-0.2, -0.15) is 0 Å². The van der Waals surface area contributed by atoms with Gasteiger partial charge in [-0.3, -0.25) is 15.1 Å². The van der Waals surface area contributed by atoms with Gasteiger partial charge in [-0.05, 0) is 24.5 Å². The molecule has 6 nitrogen and oxygen atoms in total. The first-order valence-electron chi connectivity index (χ1n) is 6.47. The van der Waals surface area contributed by atoms with Crippen LogP contribution in [0, 0.1) is 5.92 Å². The zero-order chi connectivity index (χ0) is 13.8. The van der Waals surface area contributed by atoms with Crippen LogP contribution >= 0.6 is 0 Å². The number of aliphatic hydroxyl groups is 1. The summed E-state index contributed by atoms with van der Waals surface area (Å²) in [6.45, 7) is 4.42. The summed E-state index contributed by atoms with van der Waals surface area (Å²) in [7, 11) is 0. The van der Waals surface area contributed by atoms with Crippen molar-refractivity contribution in [2.24, 2.45) is 11.8 Å². The van der Waals surface area contributed by atoms with Crippen molar-refractivity contribution in [1.29, 1.82) is 0 Å². The molecular weight excluding hydrogens is 244 g/mol. The predicted molar refractivity (Wildman–Crippen MR) is 71.0 cm³/mol. The van der Waals surface area contributed by atoms with Crippen LogP contribution in [0.5, 0.6) is 0 Å². The average Bonchev–Trinajstić information content (AvgIpc) is 2.42. The zero-order valence-electron chi connectivity index (χ0n) is 11.0. The van der Waals surface area contributed by atoms with Gasteiger partial charge in [-0.25, -0.2) is 10.8 Å². The summed E-state index contributed by atoms with van der Waals surface area (Å²) in [5.74, 6) is 4.98. The Bertz CT molecular complexity index is 452. The topological polar surface area (TPSA) is 91.5 Å². The van der Waals surface area contributed by atoms with Gasteiger partial charge in [-0.15, -0.1) is 0 Å². The lowest BCUT2D eigenvalue weighted by Gasteiger charge is -2.34. The summed E-state index contributed by atoms with van der Waals surface area (Å²) in [6.07, 6.45) is 0.572. The van der Waals surface area contributed by atoms with Crippen LogP contribution in [-0.2, 0) is 6.54 Å². The highest BCUT2D eigenvalue weighted by Crippen LogP contribution is 2.18. The molecule has 2 atom stereocenters. The van der Waals surface area contributed by atoms with Crippen molar-refractivity contribution >= 4 is 5.91 Å². The number of hydrazine groups is 1. The standard InChI is InChI=1S/C13H20N4O2/c1-9-7-17(6-5-12(9)18)8-10-3-2-4-11(15-10)13(19)16-14/h2-4,9,12,18H,5-8,14H2,1H3,(H,16,19). The Balaban J connectivity index is 2.01. The number of nitrogens with one attached hydrogen (secondary N) is 1. The number of rotatable bonds is 3. The Labute approximate surface area is 112 Å². The highest BCUT2D eigenvalue weighted by molar-refractivity contribution is 5.91. The third-order valence-corrected chi connectivity index (χ3v) is 3.50. The lowest BCUT2D eigenvalue weighted by atomic mass is 9.97. The fourth-order valence-corrected chi connectivity index (χ4v) is 2.36. The lowest BCUT2D eigenvalue weighted by molar-refractivity contribution is 0.0315. The van der Waals surface area contributed by atoms with Crippen LogP contribution in [-0.4, -0.2) is 40.1 Å². The molecule has 6 heteroatoms. The van der Waals surface area contributed by atoms with Gasteiger partial charge in [0.2, 0.25) is 0 Å². The first-order valence-corrected chi connectivity index (χ1v) is 6.47. The molecule has 1 aliphatic heterocycles. The Morgan fingerprint density at radius 1 is 1.63 bits per heavy atom. The number of likely N-dealkylation sites (tertiary alicyclic amines) is 1. The molecular formula is C13H20N4O2. The molecule has 1 aromatic rings. The minimum atomic E-state index is -0.385. The van der Waals surface area contributed by atoms with Crippen LogP contribution in [0.2, 0.25) is 0 Å². The molecule has 1 amide bonds. The Hall–Kier alpha value is -1.50. The second kappa shape index (κ2) is 6.10. The molecule has 0 saturated carbocycles. The molecule has 1 aliphatic rings. The van der Waals surface area contributed by atoms with Crippen LogP contribution in [0.15, 0.2) is 18.2 Å². The summed E-state index contributed by atoms with van der Waals surface area (Å²) < 4.78 is 0. The molecule has 1 saturated heterocycles. The summed E-state index contributed by atoms with van der Waals surface area (Å²) >= 11 is 0. The van der Waals surface area contributed by atoms with E-state index in [-0.39, 0.29) is 17.9 Å². The maximum Gasteiger partial charge on any atom is 0.283 e. The van der Waals surface area contributed by atoms with E-state index in [2.05, 4.69) is 15.3 Å². The van der Waals surface area contributed by atoms with Gasteiger partial charge in [0, 0.05) is 19.6 Å². The normalized spacial score (nSPS) is 24.2. The van der Waals surface area contributed by atoms with Crippen molar-refractivity contribution in [3.63, 3.8) is 0 Å². The van der Waals surface area contributed by atoms with E-state index in [9.17, 15) is 9.90 Å². The number of hydrogen-bond donors (Lipinski definition) is 3. The molecule has 2 heterocycles. The molecule has 0 radical (unpaired) electrons. The van der Waals surface area contributed by atoms with Crippen LogP contribution in [0.4, 0.5) is 0 Å². The number of hydrogen-bond acceptors (Lipinski definition) is 5. The SMILES string of the molecule is CC1CN(Cc2cccc(C(=O)NN)n2)CCC1O. The highest BCUT2D eigenvalue weighted by Gasteiger charge is 2.24. The summed E-state index contributed by atoms with van der Waals surface area (Å²) in [5.41, 5.74) is 3.24. The minimum absolute atomic E-state index is 0.210. The molecule has 0 bridgehead atoms. The van der Waals surface area contributed by atoms with E-state index < -0.39 is 0 Å². The number of amides is 1. The van der Waals surface area contributed by atoms with Crippen molar-refractivity contribution in [3.05, 3.63) is 29.6 Å². The fraction of sp³-hybridized carbons (Fsp3) is 0.538. The summed E-state index contributed by atoms with van der Waals surface area (Å²) in [6, 6.07) is 5.33. The lowest BCUT2D eigenvalue weighted by Crippen LogP contribution is -2.41. The Morgan fingerprint density at radius 2 is 2.42 bits per heavy atom. The van der Waals surface area contributed by atoms with Gasteiger partial charge in [0.1, 0.15) is 5.69 Å². The van der Waals surface area contributed by atoms with E-state index in [1.165, 1.54) is 0 Å². The van der Waals surface area contributed by atoms with Crippen molar-refractivity contribution in [3.8, 4) is 0 Å². The highest BCUT2D eigenvalue weighted by atomic mass is 16.3. The molecule has 104 valence electrons. The minimum Gasteiger partial charge on any atom is -0.393 e. The number of carbonyl (C=O) groups excluding carboxylic acids is 1. The molecule has 19 heavy (non-hydrogen) atoms. The van der Waals surface area contributed by atoms with Gasteiger partial charge in [0.05, 0.1) is 11.8 Å². The maximum atomic E-state index is 11.4. The van der Waals surface area contributed by atoms with Crippen molar-refractivity contribution in [2.75, 3.05) is 13.1 Å². The van der Waals surface area contributed by atoms with E-state index >= 15 is 0 Å². The summed E-state index contributed by atoms with van der Waals surface area (Å²) in [4.78, 5) is 17.9. The molecule has 2 rings (SSSR count). The molecule has 1 aromatic heterocycles. The summed E-state index contributed by atoms with van der Waals surface area (Å²) in [5, 5.41) is 9.70. The van der Waals surface area contributed by atoms with Crippen LogP contribution in [0.1, 0.15) is 29.5 Å². The van der Waals surface area contributed by atoms with Gasteiger partial charge in [-0.1, -0.05) is 13.0 Å². The maximum absolute atomic E-state index is 11.4. The van der Waals surface area contributed by atoms with E-state index in [0.717, 1.165) is 25.2 Å². The monoisotopic (exact) mass is 264 g/mol. The number of aliphatic hydroxyl groups excluding tert-OH is 1.